The number of nitrogen functional groups attached to an aromatic ring is 1. The van der Waals surface area contributed by atoms with Crippen LogP contribution in [0, 0.1) is 0 Å². The molecule has 1 fully saturated rings. The van der Waals surface area contributed by atoms with E-state index in [-0.39, 0.29) is 23.4 Å². The molecule has 0 amide bonds. The van der Waals surface area contributed by atoms with Gasteiger partial charge in [0.05, 0.1) is 5.56 Å². The van der Waals surface area contributed by atoms with E-state index in [0.29, 0.717) is 13.0 Å². The summed E-state index contributed by atoms with van der Waals surface area (Å²) in [4.78, 5) is 45.3. The predicted octanol–water partition coefficient (Wildman–Crippen LogP) is 1.05. The van der Waals surface area contributed by atoms with Crippen LogP contribution in [0.2, 0.25) is 0 Å². The molecular weight excluding hydrogens is 609 g/mol. The van der Waals surface area contributed by atoms with Crippen molar-refractivity contribution in [3.8, 4) is 5.75 Å². The molecule has 0 saturated carbocycles. The number of carbonyl (C=O) groups is 2. The molecule has 1 saturated heterocycles. The van der Waals surface area contributed by atoms with Crippen molar-refractivity contribution < 1.29 is 52.5 Å². The van der Waals surface area contributed by atoms with Gasteiger partial charge in [0.1, 0.15) is 36.7 Å². The van der Waals surface area contributed by atoms with Crippen LogP contribution < -0.4 is 21.9 Å². The fraction of sp³-hybridized carbons (Fsp3) is 0.333. The molecule has 0 radical (unpaired) electrons. The van der Waals surface area contributed by atoms with Crippen LogP contribution in [-0.2, 0) is 40.9 Å². The van der Waals surface area contributed by atoms with Crippen LogP contribution in [0.5, 0.6) is 5.75 Å². The van der Waals surface area contributed by atoms with E-state index in [1.807, 2.05) is 0 Å². The highest BCUT2D eigenvalue weighted by atomic mass is 31.2. The summed E-state index contributed by atoms with van der Waals surface area (Å²) < 4.78 is 39.7. The average molecular weight is 646 g/mol. The van der Waals surface area contributed by atoms with Gasteiger partial charge in [-0.25, -0.2) is 9.36 Å². The number of anilines is 1. The summed E-state index contributed by atoms with van der Waals surface area (Å²) in [5, 5.41) is 11.2. The van der Waals surface area contributed by atoms with Gasteiger partial charge >= 0.3 is 19.8 Å². The number of esters is 2. The molecule has 45 heavy (non-hydrogen) atoms. The van der Waals surface area contributed by atoms with Gasteiger partial charge in [-0.1, -0.05) is 54.6 Å². The maximum atomic E-state index is 13.2. The topological polar surface area (TPSA) is 236 Å². The minimum absolute atomic E-state index is 0.0513. The molecule has 9 N–H and O–H groups in total. The second-order valence-corrected chi connectivity index (χ2v) is 11.5. The SMILES string of the molecule is NCCc1ccc(OC2OC(COC(=O)c3ccccc3N)C(O)C(OP(=O)(O)O)C2OC(=O)C(N)Cc2ccccc2)cc1. The number of carbonyl (C=O) groups excluding carboxylic acids is 2. The van der Waals surface area contributed by atoms with Crippen LogP contribution in [0.25, 0.3) is 0 Å². The van der Waals surface area contributed by atoms with E-state index in [1.165, 1.54) is 12.1 Å². The Hall–Kier alpha value is -3.85. The number of phosphoric acid groups is 1. The predicted molar refractivity (Wildman–Crippen MR) is 161 cm³/mol. The number of para-hydroxylation sites is 1. The maximum absolute atomic E-state index is 13.2. The van der Waals surface area contributed by atoms with Crippen LogP contribution in [0.1, 0.15) is 21.5 Å². The lowest BCUT2D eigenvalue weighted by molar-refractivity contribution is -0.279. The number of phosphoric ester groups is 1. The van der Waals surface area contributed by atoms with Crippen LogP contribution in [-0.4, -0.2) is 76.7 Å². The summed E-state index contributed by atoms with van der Waals surface area (Å²) in [6, 6.07) is 20.4. The Labute approximate surface area is 259 Å². The minimum Gasteiger partial charge on any atom is -0.461 e. The van der Waals surface area contributed by atoms with Crippen molar-refractivity contribution in [3.63, 3.8) is 0 Å². The molecule has 15 heteroatoms. The number of aliphatic hydroxyl groups is 1. The molecular formula is C30H36N3O11P. The maximum Gasteiger partial charge on any atom is 0.470 e. The largest absolute Gasteiger partial charge is 0.470 e. The lowest BCUT2D eigenvalue weighted by atomic mass is 9.98. The van der Waals surface area contributed by atoms with Crippen molar-refractivity contribution in [2.45, 2.75) is 49.6 Å². The van der Waals surface area contributed by atoms with Crippen LogP contribution in [0.3, 0.4) is 0 Å². The van der Waals surface area contributed by atoms with E-state index in [2.05, 4.69) is 0 Å². The molecule has 14 nitrogen and oxygen atoms in total. The molecule has 1 heterocycles. The Morgan fingerprint density at radius 1 is 0.933 bits per heavy atom. The van der Waals surface area contributed by atoms with Gasteiger partial charge < -0.3 is 51.0 Å². The number of hydrogen-bond donors (Lipinski definition) is 6. The van der Waals surface area contributed by atoms with Crippen LogP contribution >= 0.6 is 7.82 Å². The summed E-state index contributed by atoms with van der Waals surface area (Å²) in [7, 11) is -5.30. The second-order valence-electron chi connectivity index (χ2n) is 10.3. The van der Waals surface area contributed by atoms with Crippen molar-refractivity contribution >= 4 is 25.4 Å². The molecule has 6 atom stereocenters. The second kappa shape index (κ2) is 15.4. The molecule has 1 aliphatic heterocycles. The van der Waals surface area contributed by atoms with Crippen molar-refractivity contribution in [1.29, 1.82) is 0 Å². The van der Waals surface area contributed by atoms with Gasteiger partial charge in [0.15, 0.2) is 6.10 Å². The zero-order chi connectivity index (χ0) is 32.6. The van der Waals surface area contributed by atoms with Crippen LogP contribution in [0.4, 0.5) is 5.69 Å². The Morgan fingerprint density at radius 3 is 2.24 bits per heavy atom. The van der Waals surface area contributed by atoms with E-state index in [0.717, 1.165) is 11.1 Å². The zero-order valence-electron chi connectivity index (χ0n) is 24.1. The number of benzene rings is 3. The van der Waals surface area contributed by atoms with Gasteiger partial charge in [-0.3, -0.25) is 9.32 Å². The monoisotopic (exact) mass is 645 g/mol. The standard InChI is InChI=1S/C30H36N3O11P/c31-15-14-18-10-12-20(13-11-18)41-30-27(43-29(36)23(33)16-19-6-2-1-3-7-19)26(44-45(37,38)39)25(34)24(42-30)17-40-28(35)21-8-4-5-9-22(21)32/h1-13,23-27,30,34H,14-17,31-33H2,(H2,37,38,39). The van der Waals surface area contributed by atoms with E-state index < -0.39 is 63.1 Å². The summed E-state index contributed by atoms with van der Waals surface area (Å²) in [6.45, 7) is -0.194. The highest BCUT2D eigenvalue weighted by molar-refractivity contribution is 7.46. The van der Waals surface area contributed by atoms with E-state index in [1.54, 1.807) is 66.7 Å². The molecule has 0 bridgehead atoms. The Morgan fingerprint density at radius 2 is 1.60 bits per heavy atom. The zero-order valence-corrected chi connectivity index (χ0v) is 25.0. The molecule has 6 unspecified atom stereocenters. The highest BCUT2D eigenvalue weighted by Gasteiger charge is 2.52. The smallest absolute Gasteiger partial charge is 0.461 e. The van der Waals surface area contributed by atoms with Gasteiger partial charge in [0.25, 0.3) is 0 Å². The van der Waals surface area contributed by atoms with Crippen LogP contribution in [0.15, 0.2) is 78.9 Å². The van der Waals surface area contributed by atoms with E-state index >= 15 is 0 Å². The summed E-state index contributed by atoms with van der Waals surface area (Å²) in [5.41, 5.74) is 19.4. The summed E-state index contributed by atoms with van der Waals surface area (Å²) in [6.07, 6.45) is -7.90. The lowest BCUT2D eigenvalue weighted by Crippen LogP contribution is -2.62. The molecule has 0 aliphatic carbocycles. The van der Waals surface area contributed by atoms with E-state index in [9.17, 15) is 29.0 Å². The van der Waals surface area contributed by atoms with Gasteiger partial charge in [0, 0.05) is 5.69 Å². The lowest BCUT2D eigenvalue weighted by Gasteiger charge is -2.43. The quantitative estimate of drug-likeness (QED) is 0.0866. The molecule has 0 spiro atoms. The van der Waals surface area contributed by atoms with Crippen molar-refractivity contribution in [2.75, 3.05) is 18.9 Å². The van der Waals surface area contributed by atoms with Crippen molar-refractivity contribution in [1.82, 2.24) is 0 Å². The Balaban J connectivity index is 1.60. The van der Waals surface area contributed by atoms with Gasteiger partial charge in [-0.05, 0) is 54.8 Å². The molecule has 242 valence electrons. The van der Waals surface area contributed by atoms with Crippen molar-refractivity contribution in [2.24, 2.45) is 11.5 Å². The first-order chi connectivity index (χ1) is 21.4. The molecule has 0 aromatic heterocycles. The van der Waals surface area contributed by atoms with Gasteiger partial charge in [-0.15, -0.1) is 0 Å². The summed E-state index contributed by atoms with van der Waals surface area (Å²) >= 11 is 0. The average Bonchev–Trinajstić information content (AvgIpc) is 3.00. The number of nitrogens with two attached hydrogens (primary N) is 3. The third-order valence-corrected chi connectivity index (χ3v) is 7.42. The summed E-state index contributed by atoms with van der Waals surface area (Å²) in [5.74, 6) is -1.60. The highest BCUT2D eigenvalue weighted by Crippen LogP contribution is 2.42. The third-order valence-electron chi connectivity index (χ3n) is 6.90. The van der Waals surface area contributed by atoms with E-state index in [4.69, 9.17) is 40.7 Å². The Bertz CT molecular complexity index is 1470. The first-order valence-electron chi connectivity index (χ1n) is 14.0. The third kappa shape index (κ3) is 9.57. The van der Waals surface area contributed by atoms with Crippen molar-refractivity contribution in [3.05, 3.63) is 95.6 Å². The molecule has 3 aromatic rings. The number of rotatable bonds is 13. The first kappa shape index (κ1) is 34.0. The normalized spacial score (nSPS) is 22.3. The van der Waals surface area contributed by atoms with Gasteiger partial charge in [-0.2, -0.15) is 0 Å². The number of ether oxygens (including phenoxy) is 4. The number of hydrogen-bond acceptors (Lipinski definition) is 12. The minimum atomic E-state index is -5.30. The Kier molecular flexibility index (Phi) is 11.7. The molecule has 1 aliphatic rings. The van der Waals surface area contributed by atoms with Gasteiger partial charge in [0.2, 0.25) is 6.29 Å². The fourth-order valence-corrected chi connectivity index (χ4v) is 5.22. The first-order valence-corrected chi connectivity index (χ1v) is 15.5. The molecule has 3 aromatic carbocycles. The molecule has 4 rings (SSSR count). The number of aliphatic hydroxyl groups excluding tert-OH is 1. The fourth-order valence-electron chi connectivity index (χ4n) is 4.65.